The van der Waals surface area contributed by atoms with Crippen LogP contribution >= 0.6 is 0 Å². The summed E-state index contributed by atoms with van der Waals surface area (Å²) in [7, 11) is -3.79. The van der Waals surface area contributed by atoms with Crippen LogP contribution in [0.5, 0.6) is 0 Å². The summed E-state index contributed by atoms with van der Waals surface area (Å²) in [5, 5.41) is 4.55. The number of carbonyl (C=O) groups is 1. The molecule has 34 heavy (non-hydrogen) atoms. The number of piperazine rings is 1. The summed E-state index contributed by atoms with van der Waals surface area (Å²) in [5.74, 6) is -0.721. The number of halogens is 1. The molecule has 1 fully saturated rings. The van der Waals surface area contributed by atoms with E-state index in [1.165, 1.54) is 27.4 Å². The number of aryl methyl sites for hydroxylation is 1. The van der Waals surface area contributed by atoms with E-state index in [2.05, 4.69) is 10.1 Å². The van der Waals surface area contributed by atoms with Crippen molar-refractivity contribution in [2.75, 3.05) is 26.2 Å². The Bertz CT molecular complexity index is 1490. The highest BCUT2D eigenvalue weighted by atomic mass is 32.2. The number of hydrogen-bond acceptors (Lipinski definition) is 6. The molecule has 0 unspecified atom stereocenters. The number of carbonyl (C=O) groups excluding carboxylic acids is 1. The van der Waals surface area contributed by atoms with Gasteiger partial charge in [0.15, 0.2) is 11.5 Å². The Balaban J connectivity index is 1.31. The minimum absolute atomic E-state index is 0.0446. The lowest BCUT2D eigenvalue weighted by molar-refractivity contribution is 0.0687. The third kappa shape index (κ3) is 3.95. The molecule has 3 heterocycles. The molecule has 1 aliphatic heterocycles. The summed E-state index contributed by atoms with van der Waals surface area (Å²) in [4.78, 5) is 18.9. The first-order chi connectivity index (χ1) is 16.3. The zero-order chi connectivity index (χ0) is 23.9. The Labute approximate surface area is 195 Å². The maximum absolute atomic E-state index is 14.0. The summed E-state index contributed by atoms with van der Waals surface area (Å²) in [6.45, 7) is 2.55. The molecule has 1 amide bonds. The van der Waals surface area contributed by atoms with Gasteiger partial charge in [-0.05, 0) is 36.8 Å². The first-order valence-electron chi connectivity index (χ1n) is 10.7. The number of nitrogens with zero attached hydrogens (tertiary/aromatic N) is 4. The third-order valence-electron chi connectivity index (χ3n) is 5.82. The number of pyridine rings is 1. The number of sulfonamides is 1. The molecule has 0 saturated carbocycles. The largest absolute Gasteiger partial charge is 0.355 e. The van der Waals surface area contributed by atoms with E-state index in [9.17, 15) is 17.6 Å². The van der Waals surface area contributed by atoms with Crippen molar-refractivity contribution in [2.24, 2.45) is 0 Å². The molecule has 0 radical (unpaired) electrons. The number of amides is 1. The summed E-state index contributed by atoms with van der Waals surface area (Å²) in [5.41, 5.74) is 1.63. The minimum atomic E-state index is -3.79. The predicted octanol–water partition coefficient (Wildman–Crippen LogP) is 3.48. The van der Waals surface area contributed by atoms with Gasteiger partial charge in [0.25, 0.3) is 5.91 Å². The second kappa shape index (κ2) is 8.62. The number of hydrogen-bond donors (Lipinski definition) is 0. The minimum Gasteiger partial charge on any atom is -0.355 e. The van der Waals surface area contributed by atoms with Crippen LogP contribution in [0.4, 0.5) is 4.39 Å². The van der Waals surface area contributed by atoms with Crippen LogP contribution in [0.3, 0.4) is 0 Å². The van der Waals surface area contributed by atoms with Crippen LogP contribution in [0, 0.1) is 12.7 Å². The maximum Gasteiger partial charge on any atom is 0.276 e. The molecule has 174 valence electrons. The van der Waals surface area contributed by atoms with E-state index in [4.69, 9.17) is 4.52 Å². The number of fused-ring (bicyclic) bond motifs is 1. The van der Waals surface area contributed by atoms with E-state index >= 15 is 0 Å². The zero-order valence-corrected chi connectivity index (χ0v) is 19.1. The van der Waals surface area contributed by atoms with Crippen LogP contribution in [0.2, 0.25) is 0 Å². The van der Waals surface area contributed by atoms with Crippen LogP contribution in [-0.2, 0) is 10.0 Å². The van der Waals surface area contributed by atoms with Gasteiger partial charge in [0.05, 0.1) is 11.1 Å². The van der Waals surface area contributed by atoms with Crippen LogP contribution in [0.25, 0.3) is 22.2 Å². The van der Waals surface area contributed by atoms with Crippen LogP contribution in [-0.4, -0.2) is 59.8 Å². The molecule has 0 aliphatic carbocycles. The van der Waals surface area contributed by atoms with Gasteiger partial charge in [0.2, 0.25) is 10.0 Å². The fraction of sp³-hybridized carbons (Fsp3) is 0.208. The lowest BCUT2D eigenvalue weighted by Gasteiger charge is -2.33. The third-order valence-corrected chi connectivity index (χ3v) is 7.75. The Morgan fingerprint density at radius 3 is 2.56 bits per heavy atom. The number of aromatic nitrogens is 2. The summed E-state index contributed by atoms with van der Waals surface area (Å²) >= 11 is 0. The Hall–Kier alpha value is -3.63. The van der Waals surface area contributed by atoms with E-state index in [-0.39, 0.29) is 48.1 Å². The lowest BCUT2D eigenvalue weighted by atomic mass is 10.1. The summed E-state index contributed by atoms with van der Waals surface area (Å²) in [6, 6.07) is 14.4. The highest BCUT2D eigenvalue weighted by Crippen LogP contribution is 2.27. The topological polar surface area (TPSA) is 96.6 Å². The molecule has 2 aromatic heterocycles. The highest BCUT2D eigenvalue weighted by molar-refractivity contribution is 7.89. The molecule has 0 N–H and O–H groups in total. The monoisotopic (exact) mass is 480 g/mol. The van der Waals surface area contributed by atoms with E-state index < -0.39 is 21.7 Å². The van der Waals surface area contributed by atoms with Crippen molar-refractivity contribution in [3.05, 3.63) is 77.9 Å². The number of rotatable bonds is 4. The Kier molecular flexibility index (Phi) is 5.62. The van der Waals surface area contributed by atoms with Crippen molar-refractivity contribution in [3.8, 4) is 11.3 Å². The van der Waals surface area contributed by atoms with Crippen molar-refractivity contribution in [1.82, 2.24) is 19.3 Å². The molecule has 4 aromatic rings. The quantitative estimate of drug-likeness (QED) is 0.444. The molecule has 10 heteroatoms. The van der Waals surface area contributed by atoms with Gasteiger partial charge in [0, 0.05) is 43.8 Å². The van der Waals surface area contributed by atoms with Crippen LogP contribution in [0.15, 0.2) is 70.2 Å². The lowest BCUT2D eigenvalue weighted by Crippen LogP contribution is -2.50. The van der Waals surface area contributed by atoms with Gasteiger partial charge in [-0.15, -0.1) is 0 Å². The maximum atomic E-state index is 14.0. The smallest absolute Gasteiger partial charge is 0.276 e. The molecule has 5 rings (SSSR count). The molecule has 1 saturated heterocycles. The Morgan fingerprint density at radius 1 is 1.03 bits per heavy atom. The van der Waals surface area contributed by atoms with Gasteiger partial charge in [-0.2, -0.15) is 4.31 Å². The highest BCUT2D eigenvalue weighted by Gasteiger charge is 2.32. The van der Waals surface area contributed by atoms with E-state index in [0.29, 0.717) is 5.52 Å². The van der Waals surface area contributed by atoms with Gasteiger partial charge in [-0.1, -0.05) is 29.4 Å². The van der Waals surface area contributed by atoms with Gasteiger partial charge in [0.1, 0.15) is 10.7 Å². The second-order valence-electron chi connectivity index (χ2n) is 8.09. The van der Waals surface area contributed by atoms with Gasteiger partial charge >= 0.3 is 0 Å². The molecular formula is C24H21FN4O4S. The van der Waals surface area contributed by atoms with E-state index in [1.54, 1.807) is 30.5 Å². The van der Waals surface area contributed by atoms with E-state index in [0.717, 1.165) is 10.9 Å². The van der Waals surface area contributed by atoms with Crippen molar-refractivity contribution in [1.29, 1.82) is 0 Å². The average molecular weight is 481 g/mol. The molecule has 0 atom stereocenters. The zero-order valence-electron chi connectivity index (χ0n) is 18.3. The molecule has 2 aromatic carbocycles. The van der Waals surface area contributed by atoms with Gasteiger partial charge in [-0.25, -0.2) is 12.8 Å². The van der Waals surface area contributed by atoms with Gasteiger partial charge in [-0.3, -0.25) is 9.78 Å². The van der Waals surface area contributed by atoms with Crippen molar-refractivity contribution < 1.29 is 22.1 Å². The summed E-state index contributed by atoms with van der Waals surface area (Å²) < 4.78 is 47.2. The van der Waals surface area contributed by atoms with Gasteiger partial charge < -0.3 is 9.42 Å². The first kappa shape index (κ1) is 22.2. The van der Waals surface area contributed by atoms with Crippen molar-refractivity contribution in [3.63, 3.8) is 0 Å². The normalized spacial score (nSPS) is 15.1. The predicted molar refractivity (Wildman–Crippen MR) is 123 cm³/mol. The average Bonchev–Trinajstić information content (AvgIpc) is 3.33. The first-order valence-corrected chi connectivity index (χ1v) is 12.1. The van der Waals surface area contributed by atoms with Crippen molar-refractivity contribution in [2.45, 2.75) is 11.8 Å². The van der Waals surface area contributed by atoms with Crippen LogP contribution in [0.1, 0.15) is 16.1 Å². The van der Waals surface area contributed by atoms with Crippen molar-refractivity contribution >= 4 is 26.8 Å². The second-order valence-corrected chi connectivity index (χ2v) is 10.00. The standard InChI is InChI=1S/C24H21FN4O4S/c1-16-13-17-5-4-8-22(23(17)26-15-16)34(31,32)29-11-9-28(10-12-29)24(30)20-14-21(33-27-20)18-6-2-3-7-19(18)25/h2-8,13-15H,9-12H2,1H3. The molecule has 1 aliphatic rings. The SMILES string of the molecule is Cc1cnc2c(S(=O)(=O)N3CCN(C(=O)c4cc(-c5ccccc5F)on4)CC3)cccc2c1. The summed E-state index contributed by atoms with van der Waals surface area (Å²) in [6.07, 6.45) is 1.64. The fourth-order valence-electron chi connectivity index (χ4n) is 4.05. The van der Waals surface area contributed by atoms with E-state index in [1.807, 2.05) is 19.1 Å². The Morgan fingerprint density at radius 2 is 1.79 bits per heavy atom. The van der Waals surface area contributed by atoms with Crippen LogP contribution < -0.4 is 0 Å². The number of para-hydroxylation sites is 1. The molecule has 0 spiro atoms. The molecular weight excluding hydrogens is 459 g/mol. The molecule has 8 nitrogen and oxygen atoms in total. The molecule has 0 bridgehead atoms. The number of benzene rings is 2. The fourth-order valence-corrected chi connectivity index (χ4v) is 5.64.